The van der Waals surface area contributed by atoms with Gasteiger partial charge in [0.15, 0.2) is 6.29 Å². The number of aldehydes is 1. The van der Waals surface area contributed by atoms with Gasteiger partial charge in [-0.05, 0) is 28.5 Å². The molecule has 0 aliphatic heterocycles. The third-order valence-electron chi connectivity index (χ3n) is 4.46. The van der Waals surface area contributed by atoms with E-state index in [0.717, 1.165) is 44.9 Å². The lowest BCUT2D eigenvalue weighted by Crippen LogP contribution is -2.00. The van der Waals surface area contributed by atoms with Gasteiger partial charge in [0.05, 0.1) is 0 Å². The quantitative estimate of drug-likeness (QED) is 0.464. The Balaban J connectivity index is 1.88. The average molecular weight is 300 g/mol. The van der Waals surface area contributed by atoms with Crippen LogP contribution in [0.15, 0.2) is 71.1 Å². The van der Waals surface area contributed by atoms with E-state index in [1.54, 1.807) is 0 Å². The van der Waals surface area contributed by atoms with E-state index in [2.05, 4.69) is 19.1 Å². The Hall–Kier alpha value is -2.87. The van der Waals surface area contributed by atoms with Crippen molar-refractivity contribution in [3.05, 3.63) is 83.6 Å². The smallest absolute Gasteiger partial charge is 0.150 e. The van der Waals surface area contributed by atoms with Crippen LogP contribution in [0.5, 0.6) is 0 Å². The third-order valence-corrected chi connectivity index (χ3v) is 4.46. The van der Waals surface area contributed by atoms with Gasteiger partial charge >= 0.3 is 0 Å². The van der Waals surface area contributed by atoms with Crippen molar-refractivity contribution >= 4 is 28.0 Å². The number of carbonyl (C=O) groups is 1. The molecule has 2 nitrogen and oxygen atoms in total. The van der Waals surface area contributed by atoms with Gasteiger partial charge in [-0.3, -0.25) is 4.79 Å². The first-order chi connectivity index (χ1) is 11.3. The molecule has 0 bridgehead atoms. The lowest BCUT2D eigenvalue weighted by Gasteiger charge is -2.13. The van der Waals surface area contributed by atoms with Crippen molar-refractivity contribution in [2.45, 2.75) is 12.8 Å². The highest BCUT2D eigenvalue weighted by atomic mass is 16.3. The van der Waals surface area contributed by atoms with E-state index in [9.17, 15) is 4.79 Å². The summed E-state index contributed by atoms with van der Waals surface area (Å²) in [5, 5.41) is 3.15. The normalized spacial score (nSPS) is 12.6. The zero-order valence-corrected chi connectivity index (χ0v) is 12.8. The SMILES string of the molecule is CC(c1cc2ccccc2o1)c1ccc2ccccc2c1C=O. The van der Waals surface area contributed by atoms with Gasteiger partial charge in [-0.15, -0.1) is 0 Å². The molecule has 4 rings (SSSR count). The molecule has 3 aromatic carbocycles. The average Bonchev–Trinajstić information content (AvgIpc) is 3.04. The number of furan rings is 1. The maximum absolute atomic E-state index is 11.7. The molecule has 4 aromatic rings. The maximum Gasteiger partial charge on any atom is 0.150 e. The molecule has 1 heterocycles. The largest absolute Gasteiger partial charge is 0.460 e. The predicted molar refractivity (Wildman–Crippen MR) is 93.1 cm³/mol. The number of para-hydroxylation sites is 1. The van der Waals surface area contributed by atoms with E-state index >= 15 is 0 Å². The van der Waals surface area contributed by atoms with Gasteiger partial charge in [0.2, 0.25) is 0 Å². The summed E-state index contributed by atoms with van der Waals surface area (Å²) in [6.07, 6.45) is 0.955. The fraction of sp³-hybridized carbons (Fsp3) is 0.0952. The molecule has 1 atom stereocenters. The van der Waals surface area contributed by atoms with E-state index < -0.39 is 0 Å². The summed E-state index contributed by atoms with van der Waals surface area (Å²) in [6.45, 7) is 2.08. The Morgan fingerprint density at radius 3 is 2.43 bits per heavy atom. The highest BCUT2D eigenvalue weighted by Crippen LogP contribution is 2.33. The summed E-state index contributed by atoms with van der Waals surface area (Å²) < 4.78 is 5.98. The van der Waals surface area contributed by atoms with Crippen molar-refractivity contribution in [3.8, 4) is 0 Å². The van der Waals surface area contributed by atoms with Crippen LogP contribution in [0.3, 0.4) is 0 Å². The Morgan fingerprint density at radius 2 is 1.65 bits per heavy atom. The van der Waals surface area contributed by atoms with Gasteiger partial charge in [0.1, 0.15) is 11.3 Å². The van der Waals surface area contributed by atoms with Gasteiger partial charge in [0, 0.05) is 16.9 Å². The van der Waals surface area contributed by atoms with E-state index in [0.29, 0.717) is 0 Å². The molecule has 2 heteroatoms. The van der Waals surface area contributed by atoms with Crippen molar-refractivity contribution in [1.82, 2.24) is 0 Å². The second-order valence-electron chi connectivity index (χ2n) is 5.82. The second-order valence-corrected chi connectivity index (χ2v) is 5.82. The van der Waals surface area contributed by atoms with Crippen LogP contribution in [-0.4, -0.2) is 6.29 Å². The first kappa shape index (κ1) is 13.8. The number of fused-ring (bicyclic) bond motifs is 2. The molecule has 1 unspecified atom stereocenters. The molecule has 112 valence electrons. The van der Waals surface area contributed by atoms with Crippen LogP contribution in [0.1, 0.15) is 34.5 Å². The number of benzene rings is 3. The Morgan fingerprint density at radius 1 is 0.913 bits per heavy atom. The number of hydrogen-bond donors (Lipinski definition) is 0. The molecule has 23 heavy (non-hydrogen) atoms. The fourth-order valence-corrected chi connectivity index (χ4v) is 3.19. The van der Waals surface area contributed by atoms with Crippen molar-refractivity contribution in [2.75, 3.05) is 0 Å². The Kier molecular flexibility index (Phi) is 3.23. The zero-order chi connectivity index (χ0) is 15.8. The van der Waals surface area contributed by atoms with Crippen LogP contribution < -0.4 is 0 Å². The van der Waals surface area contributed by atoms with Crippen molar-refractivity contribution in [1.29, 1.82) is 0 Å². The molecule has 0 saturated carbocycles. The molecule has 0 radical (unpaired) electrons. The molecule has 0 spiro atoms. The van der Waals surface area contributed by atoms with E-state index in [1.807, 2.05) is 54.6 Å². The standard InChI is InChI=1S/C21H16O2/c1-14(21-12-16-7-3-5-9-20(16)23-21)17-11-10-15-6-2-4-8-18(15)19(17)13-22/h2-14H,1H3. The van der Waals surface area contributed by atoms with Gasteiger partial charge in [-0.2, -0.15) is 0 Å². The summed E-state index contributed by atoms with van der Waals surface area (Å²) in [5.74, 6) is 0.900. The molecular weight excluding hydrogens is 284 g/mol. The Labute approximate surface area is 134 Å². The topological polar surface area (TPSA) is 30.2 Å². The fourth-order valence-electron chi connectivity index (χ4n) is 3.19. The molecular formula is C21H16O2. The third kappa shape index (κ3) is 2.23. The zero-order valence-electron chi connectivity index (χ0n) is 12.8. The summed E-state index contributed by atoms with van der Waals surface area (Å²) in [7, 11) is 0. The molecule has 0 aliphatic rings. The second kappa shape index (κ2) is 5.40. The van der Waals surface area contributed by atoms with E-state index in [1.165, 1.54) is 0 Å². The molecule has 0 saturated heterocycles. The lowest BCUT2D eigenvalue weighted by atomic mass is 9.90. The minimum Gasteiger partial charge on any atom is -0.460 e. The van der Waals surface area contributed by atoms with Gasteiger partial charge < -0.3 is 4.42 Å². The van der Waals surface area contributed by atoms with Crippen LogP contribution in [0.4, 0.5) is 0 Å². The predicted octanol–water partition coefficient (Wildman–Crippen LogP) is 5.55. The van der Waals surface area contributed by atoms with Gasteiger partial charge in [-0.1, -0.05) is 61.5 Å². The maximum atomic E-state index is 11.7. The number of carbonyl (C=O) groups excluding carboxylic acids is 1. The first-order valence-corrected chi connectivity index (χ1v) is 7.73. The molecule has 0 amide bonds. The number of rotatable bonds is 3. The van der Waals surface area contributed by atoms with Crippen LogP contribution in [0, 0.1) is 0 Å². The summed E-state index contributed by atoms with van der Waals surface area (Å²) in [5.41, 5.74) is 2.62. The van der Waals surface area contributed by atoms with Crippen molar-refractivity contribution in [2.24, 2.45) is 0 Å². The van der Waals surface area contributed by atoms with E-state index in [4.69, 9.17) is 4.42 Å². The van der Waals surface area contributed by atoms with Gasteiger partial charge in [0.25, 0.3) is 0 Å². The Bertz CT molecular complexity index is 978. The number of hydrogen-bond acceptors (Lipinski definition) is 2. The molecule has 0 N–H and O–H groups in total. The van der Waals surface area contributed by atoms with Crippen molar-refractivity contribution < 1.29 is 9.21 Å². The monoisotopic (exact) mass is 300 g/mol. The van der Waals surface area contributed by atoms with E-state index in [-0.39, 0.29) is 5.92 Å². The molecule has 0 fully saturated rings. The minimum absolute atomic E-state index is 0.0206. The van der Waals surface area contributed by atoms with Gasteiger partial charge in [-0.25, -0.2) is 0 Å². The minimum atomic E-state index is 0.0206. The first-order valence-electron chi connectivity index (χ1n) is 7.73. The summed E-state index contributed by atoms with van der Waals surface area (Å²) in [4.78, 5) is 11.7. The van der Waals surface area contributed by atoms with Crippen LogP contribution in [0.25, 0.3) is 21.7 Å². The van der Waals surface area contributed by atoms with Crippen LogP contribution >= 0.6 is 0 Å². The highest BCUT2D eigenvalue weighted by Gasteiger charge is 2.18. The van der Waals surface area contributed by atoms with Crippen molar-refractivity contribution in [3.63, 3.8) is 0 Å². The van der Waals surface area contributed by atoms with Crippen LogP contribution in [0.2, 0.25) is 0 Å². The summed E-state index contributed by atoms with van der Waals surface area (Å²) >= 11 is 0. The molecule has 0 aliphatic carbocycles. The molecule has 1 aromatic heterocycles. The lowest BCUT2D eigenvalue weighted by molar-refractivity contribution is 0.112. The highest BCUT2D eigenvalue weighted by molar-refractivity contribution is 5.99. The summed E-state index contributed by atoms with van der Waals surface area (Å²) in [6, 6.07) is 22.1. The van der Waals surface area contributed by atoms with Crippen LogP contribution in [-0.2, 0) is 0 Å².